The Kier molecular flexibility index (Phi) is 10.8. The minimum Gasteiger partial charge on any atom is -0.391 e. The fraction of sp³-hybridized carbons (Fsp3) is 0.516. The van der Waals surface area contributed by atoms with E-state index in [1.807, 2.05) is 57.5 Å². The average Bonchev–Trinajstić information content (AvgIpc) is 3.72. The molecule has 1 fully saturated rings. The molecule has 1 saturated heterocycles. The second kappa shape index (κ2) is 14.3. The number of carbonyl (C=O) groups is 3. The number of nitrogens with one attached hydrogen (secondary N) is 1. The molecule has 12 heteroatoms. The van der Waals surface area contributed by atoms with Gasteiger partial charge in [0.25, 0.3) is 0 Å². The molecule has 0 radical (unpaired) electrons. The van der Waals surface area contributed by atoms with E-state index in [4.69, 9.17) is 10.5 Å². The molecular weight excluding hydrogens is 568 g/mol. The van der Waals surface area contributed by atoms with Gasteiger partial charge in [0.2, 0.25) is 11.8 Å². The normalized spacial score (nSPS) is 17.7. The summed E-state index contributed by atoms with van der Waals surface area (Å²) in [7, 11) is 0. The van der Waals surface area contributed by atoms with Crippen LogP contribution in [0, 0.1) is 18.3 Å². The van der Waals surface area contributed by atoms with Gasteiger partial charge in [0.05, 0.1) is 59.6 Å². The maximum absolute atomic E-state index is 13.9. The number of aryl methyl sites for hydroxylation is 1. The number of nitrogens with two attached hydrogens (primary N) is 1. The van der Waals surface area contributed by atoms with Crippen molar-refractivity contribution in [2.45, 2.75) is 65.8 Å². The maximum Gasteiger partial charge on any atom is 0.243 e. The third-order valence-corrected chi connectivity index (χ3v) is 8.69. The fourth-order valence-electron chi connectivity index (χ4n) is 5.21. The summed E-state index contributed by atoms with van der Waals surface area (Å²) in [5.41, 5.74) is 10.1. The highest BCUT2D eigenvalue weighted by atomic mass is 32.1. The van der Waals surface area contributed by atoms with Crippen molar-refractivity contribution in [2.75, 3.05) is 26.3 Å². The highest BCUT2D eigenvalue weighted by Crippen LogP contribution is 2.34. The van der Waals surface area contributed by atoms with Gasteiger partial charge in [-0.1, -0.05) is 45.0 Å². The number of Topliss-reactive ketones (excluding diaryl/α,β-unsaturated/α-hetero) is 1. The molecule has 3 atom stereocenters. The van der Waals surface area contributed by atoms with E-state index in [0.29, 0.717) is 31.9 Å². The lowest BCUT2D eigenvalue weighted by Gasteiger charge is -2.34. The fourth-order valence-corrected chi connectivity index (χ4v) is 6.02. The standard InChI is InChI=1S/C31H42N6O5S/c1-20-28(43-19-34-20)22-7-5-21(6-8-22)15-33-29(40)26-13-24(38)18-37(26)30(41)25(31(2,3)4)14-27(39)23-16-35-36(17-23)10-12-42-11-9-32/h5-8,16-17,19,24-26,38H,9-15,18,32H2,1-4H3,(H,33,40)/t24-,25-,26+/m1/s1. The molecule has 1 aliphatic rings. The smallest absolute Gasteiger partial charge is 0.243 e. The highest BCUT2D eigenvalue weighted by molar-refractivity contribution is 7.13. The van der Waals surface area contributed by atoms with Gasteiger partial charge >= 0.3 is 0 Å². The van der Waals surface area contributed by atoms with Gasteiger partial charge < -0.3 is 25.8 Å². The van der Waals surface area contributed by atoms with Crippen molar-refractivity contribution in [3.05, 3.63) is 59.0 Å². The topological polar surface area (TPSA) is 153 Å². The number of aromatic nitrogens is 3. The van der Waals surface area contributed by atoms with Crippen LogP contribution in [0.1, 0.15) is 55.2 Å². The number of hydrogen-bond acceptors (Lipinski definition) is 9. The molecule has 2 aromatic heterocycles. The predicted octanol–water partition coefficient (Wildman–Crippen LogP) is 2.80. The van der Waals surface area contributed by atoms with Crippen LogP contribution in [0.25, 0.3) is 10.4 Å². The van der Waals surface area contributed by atoms with Gasteiger partial charge in [-0.15, -0.1) is 11.3 Å². The molecule has 4 rings (SSSR count). The zero-order chi connectivity index (χ0) is 31.1. The number of hydrogen-bond donors (Lipinski definition) is 3. The molecule has 43 heavy (non-hydrogen) atoms. The number of thiazole rings is 1. The Bertz CT molecular complexity index is 1400. The zero-order valence-electron chi connectivity index (χ0n) is 25.3. The molecular formula is C31H42N6O5S. The van der Waals surface area contributed by atoms with E-state index in [1.54, 1.807) is 22.2 Å². The van der Waals surface area contributed by atoms with Crippen LogP contribution >= 0.6 is 11.3 Å². The number of β-amino-alcohol motifs (C(OH)–C–C–N with tert-alkyl or cyclic N) is 1. The number of nitrogens with zero attached hydrogens (tertiary/aromatic N) is 4. The molecule has 11 nitrogen and oxygen atoms in total. The maximum atomic E-state index is 13.9. The summed E-state index contributed by atoms with van der Waals surface area (Å²) in [6, 6.07) is 7.09. The summed E-state index contributed by atoms with van der Waals surface area (Å²) in [4.78, 5) is 47.3. The van der Waals surface area contributed by atoms with Crippen LogP contribution in [-0.2, 0) is 27.4 Å². The molecule has 4 N–H and O–H groups in total. The summed E-state index contributed by atoms with van der Waals surface area (Å²) in [6.45, 7) is 9.80. The minimum atomic E-state index is -0.822. The van der Waals surface area contributed by atoms with Crippen molar-refractivity contribution >= 4 is 28.9 Å². The van der Waals surface area contributed by atoms with E-state index in [0.717, 1.165) is 21.7 Å². The van der Waals surface area contributed by atoms with E-state index in [1.165, 1.54) is 11.1 Å². The molecule has 0 saturated carbocycles. The third-order valence-electron chi connectivity index (χ3n) is 7.71. The van der Waals surface area contributed by atoms with Crippen molar-refractivity contribution < 1.29 is 24.2 Å². The summed E-state index contributed by atoms with van der Waals surface area (Å²) >= 11 is 1.58. The Hall–Kier alpha value is -3.45. The Morgan fingerprint density at radius 2 is 1.95 bits per heavy atom. The van der Waals surface area contributed by atoms with E-state index in [2.05, 4.69) is 15.4 Å². The lowest BCUT2D eigenvalue weighted by atomic mass is 9.76. The number of amides is 2. The monoisotopic (exact) mass is 610 g/mol. The Morgan fingerprint density at radius 3 is 2.60 bits per heavy atom. The van der Waals surface area contributed by atoms with Gasteiger partial charge in [0, 0.05) is 38.7 Å². The predicted molar refractivity (Wildman–Crippen MR) is 164 cm³/mol. The number of ether oxygens (including phenoxy) is 1. The summed E-state index contributed by atoms with van der Waals surface area (Å²) in [5, 5.41) is 17.6. The molecule has 1 aromatic carbocycles. The van der Waals surface area contributed by atoms with Gasteiger partial charge in [-0.05, 0) is 23.5 Å². The first kappa shape index (κ1) is 32.5. The van der Waals surface area contributed by atoms with Crippen molar-refractivity contribution in [3.8, 4) is 10.4 Å². The van der Waals surface area contributed by atoms with Gasteiger partial charge in [-0.3, -0.25) is 19.1 Å². The molecule has 0 bridgehead atoms. The van der Waals surface area contributed by atoms with Crippen LogP contribution in [-0.4, -0.2) is 80.8 Å². The van der Waals surface area contributed by atoms with Crippen LogP contribution in [0.4, 0.5) is 0 Å². The molecule has 3 aromatic rings. The SMILES string of the molecule is Cc1ncsc1-c1ccc(CNC(=O)[C@@H]2C[C@@H](O)CN2C(=O)[C@@H](CC(=O)c2cnn(CCOCCN)c2)C(C)(C)C)cc1. The van der Waals surface area contributed by atoms with Crippen molar-refractivity contribution in [2.24, 2.45) is 17.1 Å². The minimum absolute atomic E-state index is 0.0375. The number of likely N-dealkylation sites (tertiary alicyclic amines) is 1. The van der Waals surface area contributed by atoms with E-state index < -0.39 is 23.5 Å². The number of benzene rings is 1. The molecule has 0 aliphatic carbocycles. The number of rotatable bonds is 13. The van der Waals surface area contributed by atoms with Crippen LogP contribution in [0.3, 0.4) is 0 Å². The largest absolute Gasteiger partial charge is 0.391 e. The van der Waals surface area contributed by atoms with Gasteiger partial charge in [-0.2, -0.15) is 5.10 Å². The molecule has 3 heterocycles. The quantitative estimate of drug-likeness (QED) is 0.197. The average molecular weight is 611 g/mol. The molecule has 1 aliphatic heterocycles. The lowest BCUT2D eigenvalue weighted by molar-refractivity contribution is -0.144. The summed E-state index contributed by atoms with van der Waals surface area (Å²) < 4.78 is 7.01. The molecule has 0 spiro atoms. The number of ketones is 1. The highest BCUT2D eigenvalue weighted by Gasteiger charge is 2.44. The van der Waals surface area contributed by atoms with Crippen LogP contribution in [0.2, 0.25) is 0 Å². The van der Waals surface area contributed by atoms with Crippen LogP contribution in [0.15, 0.2) is 42.2 Å². The second-order valence-corrected chi connectivity index (χ2v) is 12.9. The Labute approximate surface area is 256 Å². The van der Waals surface area contributed by atoms with Crippen molar-refractivity contribution in [3.63, 3.8) is 0 Å². The zero-order valence-corrected chi connectivity index (χ0v) is 26.1. The molecule has 0 unspecified atom stereocenters. The number of aliphatic hydroxyl groups excluding tert-OH is 1. The molecule has 232 valence electrons. The lowest BCUT2D eigenvalue weighted by Crippen LogP contribution is -2.50. The first-order chi connectivity index (χ1) is 20.5. The van der Waals surface area contributed by atoms with Crippen LogP contribution < -0.4 is 11.1 Å². The summed E-state index contributed by atoms with van der Waals surface area (Å²) in [5.74, 6) is -1.55. The Morgan fingerprint density at radius 1 is 1.21 bits per heavy atom. The van der Waals surface area contributed by atoms with E-state index in [9.17, 15) is 19.5 Å². The van der Waals surface area contributed by atoms with E-state index in [-0.39, 0.29) is 43.5 Å². The number of carbonyl (C=O) groups excluding carboxylic acids is 3. The Balaban J connectivity index is 1.39. The van der Waals surface area contributed by atoms with Gasteiger partial charge in [0.15, 0.2) is 5.78 Å². The van der Waals surface area contributed by atoms with Crippen molar-refractivity contribution in [1.29, 1.82) is 0 Å². The molecule has 2 amide bonds. The van der Waals surface area contributed by atoms with Crippen LogP contribution in [0.5, 0.6) is 0 Å². The first-order valence-corrected chi connectivity index (χ1v) is 15.4. The van der Waals surface area contributed by atoms with Gasteiger partial charge in [0.1, 0.15) is 6.04 Å². The van der Waals surface area contributed by atoms with Crippen molar-refractivity contribution in [1.82, 2.24) is 25.0 Å². The second-order valence-electron chi connectivity index (χ2n) is 12.0. The summed E-state index contributed by atoms with van der Waals surface area (Å²) in [6.07, 6.45) is 2.43. The number of aliphatic hydroxyl groups is 1. The first-order valence-electron chi connectivity index (χ1n) is 14.6. The third kappa shape index (κ3) is 8.35. The van der Waals surface area contributed by atoms with Gasteiger partial charge in [-0.25, -0.2) is 4.98 Å². The van der Waals surface area contributed by atoms with E-state index >= 15 is 0 Å².